The van der Waals surface area contributed by atoms with Crippen LogP contribution in [0, 0.1) is 5.92 Å². The van der Waals surface area contributed by atoms with Crippen LogP contribution in [0.4, 0.5) is 11.5 Å². The minimum atomic E-state index is 0.463. The Kier molecular flexibility index (Phi) is 5.22. The summed E-state index contributed by atoms with van der Waals surface area (Å²) in [6, 6.07) is 0. The molecule has 1 aliphatic heterocycles. The molecule has 1 saturated heterocycles. The summed E-state index contributed by atoms with van der Waals surface area (Å²) >= 11 is 6.07. The zero-order chi connectivity index (χ0) is 13.7. The van der Waals surface area contributed by atoms with Gasteiger partial charge in [0.05, 0.1) is 0 Å². The summed E-state index contributed by atoms with van der Waals surface area (Å²) in [7, 11) is 3.87. The van der Waals surface area contributed by atoms with E-state index < -0.39 is 0 Å². The van der Waals surface area contributed by atoms with E-state index in [1.54, 1.807) is 0 Å². The summed E-state index contributed by atoms with van der Waals surface area (Å²) < 4.78 is 5.38. The highest BCUT2D eigenvalue weighted by molar-refractivity contribution is 6.32. The van der Waals surface area contributed by atoms with Crippen molar-refractivity contribution >= 4 is 23.1 Å². The molecule has 1 aromatic rings. The molecule has 0 radical (unpaired) electrons. The standard InChI is InChI=1S/C13H21ClN4O/c1-15-11-12(14)16-9-17-13(11)18(2)6-3-10-4-7-19-8-5-10/h9-10,15H,3-8H2,1-2H3. The Morgan fingerprint density at radius 3 is 2.84 bits per heavy atom. The van der Waals surface area contributed by atoms with E-state index in [1.165, 1.54) is 6.33 Å². The molecule has 0 unspecified atom stereocenters. The van der Waals surface area contributed by atoms with Crippen LogP contribution in [0.3, 0.4) is 0 Å². The number of hydrogen-bond donors (Lipinski definition) is 1. The molecule has 0 bridgehead atoms. The Morgan fingerprint density at radius 1 is 1.42 bits per heavy atom. The lowest BCUT2D eigenvalue weighted by Gasteiger charge is -2.26. The predicted molar refractivity (Wildman–Crippen MR) is 78.0 cm³/mol. The van der Waals surface area contributed by atoms with Crippen LogP contribution in [0.25, 0.3) is 0 Å². The van der Waals surface area contributed by atoms with Crippen LogP contribution in [-0.4, -0.2) is 43.8 Å². The maximum Gasteiger partial charge on any atom is 0.157 e. The summed E-state index contributed by atoms with van der Waals surface area (Å²) in [4.78, 5) is 10.4. The summed E-state index contributed by atoms with van der Waals surface area (Å²) in [5.41, 5.74) is 0.790. The van der Waals surface area contributed by atoms with Crippen molar-refractivity contribution in [3.8, 4) is 0 Å². The van der Waals surface area contributed by atoms with Gasteiger partial charge in [-0.1, -0.05) is 11.6 Å². The van der Waals surface area contributed by atoms with Gasteiger partial charge in [0.15, 0.2) is 11.0 Å². The van der Waals surface area contributed by atoms with Gasteiger partial charge in [-0.15, -0.1) is 0 Å². The number of rotatable bonds is 5. The van der Waals surface area contributed by atoms with Crippen LogP contribution in [0.2, 0.25) is 5.15 Å². The van der Waals surface area contributed by atoms with E-state index in [1.807, 2.05) is 14.1 Å². The van der Waals surface area contributed by atoms with Crippen molar-refractivity contribution < 1.29 is 4.74 Å². The molecule has 1 aliphatic rings. The molecule has 6 heteroatoms. The molecule has 2 rings (SSSR count). The van der Waals surface area contributed by atoms with Crippen LogP contribution >= 0.6 is 11.6 Å². The van der Waals surface area contributed by atoms with E-state index in [2.05, 4.69) is 20.2 Å². The van der Waals surface area contributed by atoms with Crippen molar-refractivity contribution in [3.63, 3.8) is 0 Å². The molecule has 1 fully saturated rings. The first kappa shape index (κ1) is 14.3. The van der Waals surface area contributed by atoms with Crippen molar-refractivity contribution in [1.29, 1.82) is 0 Å². The average Bonchev–Trinajstić information content (AvgIpc) is 2.45. The monoisotopic (exact) mass is 284 g/mol. The summed E-state index contributed by atoms with van der Waals surface area (Å²) in [6.07, 6.45) is 4.99. The lowest BCUT2D eigenvalue weighted by Crippen LogP contribution is -2.25. The number of nitrogens with one attached hydrogen (secondary N) is 1. The van der Waals surface area contributed by atoms with Gasteiger partial charge >= 0.3 is 0 Å². The molecule has 5 nitrogen and oxygen atoms in total. The third-order valence-electron chi connectivity index (χ3n) is 3.61. The van der Waals surface area contributed by atoms with Crippen LogP contribution in [-0.2, 0) is 4.74 Å². The predicted octanol–water partition coefficient (Wildman–Crippen LogP) is 2.42. The van der Waals surface area contributed by atoms with E-state index in [0.29, 0.717) is 5.15 Å². The molecule has 1 aromatic heterocycles. The maximum absolute atomic E-state index is 6.07. The Labute approximate surface area is 119 Å². The highest BCUT2D eigenvalue weighted by Crippen LogP contribution is 2.28. The second-order valence-electron chi connectivity index (χ2n) is 4.88. The SMILES string of the molecule is CNc1c(Cl)ncnc1N(C)CCC1CCOCC1. The molecule has 0 atom stereocenters. The van der Waals surface area contributed by atoms with Gasteiger partial charge in [-0.25, -0.2) is 9.97 Å². The number of ether oxygens (including phenoxy) is 1. The molecular formula is C13H21ClN4O. The van der Waals surface area contributed by atoms with Gasteiger partial charge in [0, 0.05) is 33.9 Å². The summed E-state index contributed by atoms with van der Waals surface area (Å²) in [5.74, 6) is 1.61. The molecule has 19 heavy (non-hydrogen) atoms. The zero-order valence-electron chi connectivity index (χ0n) is 11.5. The lowest BCUT2D eigenvalue weighted by atomic mass is 9.96. The van der Waals surface area contributed by atoms with Crippen molar-refractivity contribution in [2.75, 3.05) is 44.1 Å². The Hall–Kier alpha value is -1.07. The molecule has 0 aliphatic carbocycles. The summed E-state index contributed by atoms with van der Waals surface area (Å²) in [6.45, 7) is 2.76. The first-order valence-corrected chi connectivity index (χ1v) is 7.07. The zero-order valence-corrected chi connectivity index (χ0v) is 12.3. The van der Waals surface area contributed by atoms with E-state index in [4.69, 9.17) is 16.3 Å². The van der Waals surface area contributed by atoms with E-state index in [-0.39, 0.29) is 0 Å². The van der Waals surface area contributed by atoms with Crippen LogP contribution < -0.4 is 10.2 Å². The minimum Gasteiger partial charge on any atom is -0.383 e. The summed E-state index contributed by atoms with van der Waals surface area (Å²) in [5, 5.41) is 3.53. The largest absolute Gasteiger partial charge is 0.383 e. The fraction of sp³-hybridized carbons (Fsp3) is 0.692. The number of nitrogens with zero attached hydrogens (tertiary/aromatic N) is 3. The second kappa shape index (κ2) is 6.91. The third-order valence-corrected chi connectivity index (χ3v) is 3.89. The Bertz CT molecular complexity index is 410. The Balaban J connectivity index is 1.95. The number of halogens is 1. The van der Waals surface area contributed by atoms with Crippen molar-refractivity contribution in [3.05, 3.63) is 11.5 Å². The minimum absolute atomic E-state index is 0.463. The number of anilines is 2. The van der Waals surface area contributed by atoms with Crippen LogP contribution in [0.5, 0.6) is 0 Å². The molecule has 0 spiro atoms. The molecule has 106 valence electrons. The first-order valence-electron chi connectivity index (χ1n) is 6.69. The second-order valence-corrected chi connectivity index (χ2v) is 5.24. The number of hydrogen-bond acceptors (Lipinski definition) is 5. The molecule has 2 heterocycles. The molecule has 0 saturated carbocycles. The molecular weight excluding hydrogens is 264 g/mol. The van der Waals surface area contributed by atoms with Crippen molar-refractivity contribution in [1.82, 2.24) is 9.97 Å². The van der Waals surface area contributed by atoms with E-state index >= 15 is 0 Å². The van der Waals surface area contributed by atoms with Gasteiger partial charge in [-0.05, 0) is 25.2 Å². The van der Waals surface area contributed by atoms with Gasteiger partial charge < -0.3 is 15.0 Å². The van der Waals surface area contributed by atoms with Crippen molar-refractivity contribution in [2.24, 2.45) is 5.92 Å². The van der Waals surface area contributed by atoms with E-state index in [0.717, 1.165) is 56.4 Å². The van der Waals surface area contributed by atoms with Crippen LogP contribution in [0.15, 0.2) is 6.33 Å². The quantitative estimate of drug-likeness (QED) is 0.842. The molecule has 0 aromatic carbocycles. The van der Waals surface area contributed by atoms with Crippen molar-refractivity contribution in [2.45, 2.75) is 19.3 Å². The normalized spacial score (nSPS) is 16.4. The maximum atomic E-state index is 6.07. The van der Waals surface area contributed by atoms with Crippen LogP contribution in [0.1, 0.15) is 19.3 Å². The fourth-order valence-corrected chi connectivity index (χ4v) is 2.60. The van der Waals surface area contributed by atoms with Gasteiger partial charge in [-0.3, -0.25) is 0 Å². The number of aromatic nitrogens is 2. The highest BCUT2D eigenvalue weighted by atomic mass is 35.5. The van der Waals surface area contributed by atoms with Gasteiger partial charge in [0.1, 0.15) is 12.0 Å². The lowest BCUT2D eigenvalue weighted by molar-refractivity contribution is 0.0645. The van der Waals surface area contributed by atoms with Gasteiger partial charge in [-0.2, -0.15) is 0 Å². The first-order chi connectivity index (χ1) is 9.22. The third kappa shape index (κ3) is 3.70. The molecule has 1 N–H and O–H groups in total. The molecule has 0 amide bonds. The van der Waals surface area contributed by atoms with Gasteiger partial charge in [0.2, 0.25) is 0 Å². The van der Waals surface area contributed by atoms with Gasteiger partial charge in [0.25, 0.3) is 0 Å². The topological polar surface area (TPSA) is 50.3 Å². The highest BCUT2D eigenvalue weighted by Gasteiger charge is 2.17. The smallest absolute Gasteiger partial charge is 0.157 e. The Morgan fingerprint density at radius 2 is 2.16 bits per heavy atom. The average molecular weight is 285 g/mol. The fourth-order valence-electron chi connectivity index (χ4n) is 2.38. The van der Waals surface area contributed by atoms with E-state index in [9.17, 15) is 0 Å².